The first kappa shape index (κ1) is 11.1. The number of nitrogens with zero attached hydrogens (tertiary/aromatic N) is 1. The topological polar surface area (TPSA) is 32.3 Å². The zero-order valence-electron chi connectivity index (χ0n) is 9.18. The first-order valence-electron chi connectivity index (χ1n) is 5.42. The SMILES string of the molecule is C=C1CC(C(=O)N(CCC)CCC)N1. The highest BCUT2D eigenvalue weighted by molar-refractivity contribution is 5.83. The minimum absolute atomic E-state index is 0.000556. The highest BCUT2D eigenvalue weighted by Gasteiger charge is 2.30. The third-order valence-electron chi connectivity index (χ3n) is 2.43. The maximum absolute atomic E-state index is 11.9. The predicted octanol–water partition coefficient (Wildman–Crippen LogP) is 1.51. The first-order chi connectivity index (χ1) is 6.69. The molecule has 1 aliphatic rings. The van der Waals surface area contributed by atoms with Gasteiger partial charge < -0.3 is 10.2 Å². The molecule has 1 heterocycles. The predicted molar refractivity (Wildman–Crippen MR) is 57.8 cm³/mol. The van der Waals surface area contributed by atoms with Crippen LogP contribution in [0.1, 0.15) is 33.1 Å². The van der Waals surface area contributed by atoms with E-state index in [4.69, 9.17) is 0 Å². The summed E-state index contributed by atoms with van der Waals surface area (Å²) in [5, 5.41) is 3.05. The Balaban J connectivity index is 2.41. The Hall–Kier alpha value is -0.990. The van der Waals surface area contributed by atoms with E-state index >= 15 is 0 Å². The molecule has 1 amide bonds. The van der Waals surface area contributed by atoms with Crippen LogP contribution in [0.3, 0.4) is 0 Å². The Morgan fingerprint density at radius 1 is 1.50 bits per heavy atom. The summed E-state index contributed by atoms with van der Waals surface area (Å²) in [5.41, 5.74) is 0.983. The van der Waals surface area contributed by atoms with E-state index in [-0.39, 0.29) is 11.9 Å². The molecule has 1 aliphatic heterocycles. The van der Waals surface area contributed by atoms with E-state index in [1.807, 2.05) is 4.90 Å². The van der Waals surface area contributed by atoms with Crippen LogP contribution in [0, 0.1) is 0 Å². The monoisotopic (exact) mass is 196 g/mol. The molecule has 1 N–H and O–H groups in total. The van der Waals surface area contributed by atoms with Gasteiger partial charge in [0.1, 0.15) is 6.04 Å². The van der Waals surface area contributed by atoms with Crippen LogP contribution in [0.4, 0.5) is 0 Å². The quantitative estimate of drug-likeness (QED) is 0.723. The van der Waals surface area contributed by atoms with Crippen molar-refractivity contribution in [3.8, 4) is 0 Å². The lowest BCUT2D eigenvalue weighted by atomic mass is 10.0. The number of hydrogen-bond acceptors (Lipinski definition) is 2. The van der Waals surface area contributed by atoms with Crippen molar-refractivity contribution in [2.24, 2.45) is 0 Å². The third kappa shape index (κ3) is 2.50. The average Bonchev–Trinajstić information content (AvgIpc) is 2.12. The summed E-state index contributed by atoms with van der Waals surface area (Å²) in [6.07, 6.45) is 2.86. The number of nitrogens with one attached hydrogen (secondary N) is 1. The summed E-state index contributed by atoms with van der Waals surface area (Å²) >= 11 is 0. The lowest BCUT2D eigenvalue weighted by Gasteiger charge is -2.34. The molecule has 0 aromatic rings. The molecule has 1 unspecified atom stereocenters. The van der Waals surface area contributed by atoms with Crippen LogP contribution < -0.4 is 5.32 Å². The zero-order chi connectivity index (χ0) is 10.6. The van der Waals surface area contributed by atoms with Crippen molar-refractivity contribution in [3.05, 3.63) is 12.3 Å². The van der Waals surface area contributed by atoms with Gasteiger partial charge in [-0.2, -0.15) is 0 Å². The second-order valence-electron chi connectivity index (χ2n) is 3.83. The largest absolute Gasteiger partial charge is 0.377 e. The standard InChI is InChI=1S/C11H20N2O/c1-4-6-13(7-5-2)11(14)10-8-9(3)12-10/h10,12H,3-8H2,1-2H3. The Bertz CT molecular complexity index is 211. The van der Waals surface area contributed by atoms with Gasteiger partial charge in [-0.1, -0.05) is 20.4 Å². The first-order valence-corrected chi connectivity index (χ1v) is 5.42. The molecule has 1 atom stereocenters. The molecular weight excluding hydrogens is 176 g/mol. The molecule has 1 fully saturated rings. The summed E-state index contributed by atoms with van der Waals surface area (Å²) < 4.78 is 0. The third-order valence-corrected chi connectivity index (χ3v) is 2.43. The maximum Gasteiger partial charge on any atom is 0.245 e. The van der Waals surface area contributed by atoms with Crippen molar-refractivity contribution in [2.75, 3.05) is 13.1 Å². The lowest BCUT2D eigenvalue weighted by molar-refractivity contribution is -0.134. The van der Waals surface area contributed by atoms with E-state index < -0.39 is 0 Å². The smallest absolute Gasteiger partial charge is 0.245 e. The Kier molecular flexibility index (Phi) is 3.98. The van der Waals surface area contributed by atoms with Crippen LogP contribution in [-0.2, 0) is 4.79 Å². The minimum Gasteiger partial charge on any atom is -0.377 e. The van der Waals surface area contributed by atoms with Crippen molar-refractivity contribution < 1.29 is 4.79 Å². The van der Waals surface area contributed by atoms with Crippen molar-refractivity contribution in [1.29, 1.82) is 0 Å². The van der Waals surface area contributed by atoms with Gasteiger partial charge in [0.25, 0.3) is 0 Å². The van der Waals surface area contributed by atoms with Gasteiger partial charge in [-0.05, 0) is 12.8 Å². The van der Waals surface area contributed by atoms with Gasteiger partial charge >= 0.3 is 0 Å². The molecule has 3 heteroatoms. The fourth-order valence-electron chi connectivity index (χ4n) is 1.71. The number of hydrogen-bond donors (Lipinski definition) is 1. The molecule has 0 spiro atoms. The number of carbonyl (C=O) groups is 1. The summed E-state index contributed by atoms with van der Waals surface area (Å²) in [6.45, 7) is 9.71. The van der Waals surface area contributed by atoms with E-state index in [0.29, 0.717) is 0 Å². The molecule has 0 aromatic heterocycles. The average molecular weight is 196 g/mol. The van der Waals surface area contributed by atoms with Crippen molar-refractivity contribution in [2.45, 2.75) is 39.2 Å². The number of amides is 1. The molecule has 0 saturated carbocycles. The lowest BCUT2D eigenvalue weighted by Crippen LogP contribution is -2.53. The summed E-state index contributed by atoms with van der Waals surface area (Å²) in [6, 6.07) is 0.000556. The van der Waals surface area contributed by atoms with E-state index in [9.17, 15) is 4.79 Å². The van der Waals surface area contributed by atoms with E-state index in [1.54, 1.807) is 0 Å². The molecule has 3 nitrogen and oxygen atoms in total. The van der Waals surface area contributed by atoms with Gasteiger partial charge in [-0.25, -0.2) is 0 Å². The molecule has 1 saturated heterocycles. The normalized spacial score (nSPS) is 19.9. The van der Waals surface area contributed by atoms with Gasteiger partial charge in [0.2, 0.25) is 5.91 Å². The van der Waals surface area contributed by atoms with E-state index in [2.05, 4.69) is 25.7 Å². The molecule has 0 aliphatic carbocycles. The second-order valence-corrected chi connectivity index (χ2v) is 3.83. The number of rotatable bonds is 5. The van der Waals surface area contributed by atoms with Crippen LogP contribution in [0.2, 0.25) is 0 Å². The van der Waals surface area contributed by atoms with Crippen LogP contribution >= 0.6 is 0 Å². The fraction of sp³-hybridized carbons (Fsp3) is 0.727. The van der Waals surface area contributed by atoms with Crippen molar-refractivity contribution >= 4 is 5.91 Å². The Labute approximate surface area is 86.2 Å². The zero-order valence-corrected chi connectivity index (χ0v) is 9.18. The minimum atomic E-state index is 0.000556. The van der Waals surface area contributed by atoms with Gasteiger partial charge in [0.15, 0.2) is 0 Å². The molecule has 1 rings (SSSR count). The Morgan fingerprint density at radius 2 is 2.00 bits per heavy atom. The van der Waals surface area contributed by atoms with Crippen LogP contribution in [0.25, 0.3) is 0 Å². The molecule has 0 bridgehead atoms. The highest BCUT2D eigenvalue weighted by atomic mass is 16.2. The Morgan fingerprint density at radius 3 is 2.36 bits per heavy atom. The van der Waals surface area contributed by atoms with Gasteiger partial charge in [-0.3, -0.25) is 4.79 Å². The fourth-order valence-corrected chi connectivity index (χ4v) is 1.71. The highest BCUT2D eigenvalue weighted by Crippen LogP contribution is 2.16. The molecule has 14 heavy (non-hydrogen) atoms. The summed E-state index contributed by atoms with van der Waals surface area (Å²) in [5.74, 6) is 0.237. The van der Waals surface area contributed by atoms with Crippen LogP contribution in [-0.4, -0.2) is 29.9 Å². The van der Waals surface area contributed by atoms with Crippen LogP contribution in [0.5, 0.6) is 0 Å². The molecule has 0 aromatic carbocycles. The van der Waals surface area contributed by atoms with Crippen molar-refractivity contribution in [1.82, 2.24) is 10.2 Å². The summed E-state index contributed by atoms with van der Waals surface area (Å²) in [4.78, 5) is 13.8. The van der Waals surface area contributed by atoms with Gasteiger partial charge in [0.05, 0.1) is 0 Å². The molecular formula is C11H20N2O. The van der Waals surface area contributed by atoms with Gasteiger partial charge in [-0.15, -0.1) is 0 Å². The van der Waals surface area contributed by atoms with E-state index in [1.165, 1.54) is 0 Å². The number of carbonyl (C=O) groups excluding carboxylic acids is 1. The molecule has 80 valence electrons. The molecule has 0 radical (unpaired) electrons. The van der Waals surface area contributed by atoms with Crippen LogP contribution in [0.15, 0.2) is 12.3 Å². The van der Waals surface area contributed by atoms with Gasteiger partial charge in [0, 0.05) is 25.2 Å². The van der Waals surface area contributed by atoms with Crippen molar-refractivity contribution in [3.63, 3.8) is 0 Å². The van der Waals surface area contributed by atoms with E-state index in [0.717, 1.165) is 38.0 Å². The second kappa shape index (κ2) is 5.03. The summed E-state index contributed by atoms with van der Waals surface area (Å²) in [7, 11) is 0. The maximum atomic E-state index is 11.9.